The molecule has 0 fully saturated rings. The largest absolute Gasteiger partial charge is 0.394 e. The van der Waals surface area contributed by atoms with Gasteiger partial charge in [-0.15, -0.1) is 0 Å². The first-order valence-electron chi connectivity index (χ1n) is 6.50. The number of anilines is 1. The lowest BCUT2D eigenvalue weighted by atomic mass is 10.1. The van der Waals surface area contributed by atoms with Crippen LogP contribution in [0.25, 0.3) is 11.0 Å². The van der Waals surface area contributed by atoms with E-state index in [0.717, 1.165) is 19.3 Å². The predicted molar refractivity (Wildman–Crippen MR) is 81.4 cm³/mol. The van der Waals surface area contributed by atoms with Gasteiger partial charge in [0, 0.05) is 6.20 Å². The van der Waals surface area contributed by atoms with Gasteiger partial charge in [0.1, 0.15) is 5.52 Å². The fourth-order valence-electron chi connectivity index (χ4n) is 1.92. The van der Waals surface area contributed by atoms with Gasteiger partial charge in [-0.05, 0) is 24.1 Å². The number of hydrogen-bond donors (Lipinski definition) is 2. The summed E-state index contributed by atoms with van der Waals surface area (Å²) < 4.78 is 0. The van der Waals surface area contributed by atoms with E-state index in [9.17, 15) is 5.11 Å². The smallest absolute Gasteiger partial charge is 0.225 e. The summed E-state index contributed by atoms with van der Waals surface area (Å²) in [7, 11) is 0. The van der Waals surface area contributed by atoms with Gasteiger partial charge in [0.25, 0.3) is 0 Å². The number of fused-ring (bicyclic) bond motifs is 1. The van der Waals surface area contributed by atoms with E-state index in [0.29, 0.717) is 21.9 Å². The van der Waals surface area contributed by atoms with E-state index in [1.54, 1.807) is 6.07 Å². The molecule has 0 bridgehead atoms. The summed E-state index contributed by atoms with van der Waals surface area (Å²) in [5.41, 5.74) is 1.17. The molecule has 2 aromatic heterocycles. The molecule has 0 amide bonds. The third kappa shape index (κ3) is 3.69. The first-order chi connectivity index (χ1) is 9.63. The van der Waals surface area contributed by atoms with Crippen LogP contribution >= 0.6 is 23.2 Å². The number of pyridine rings is 1. The molecule has 2 heterocycles. The molecule has 2 rings (SSSR count). The molecule has 20 heavy (non-hydrogen) atoms. The Balaban J connectivity index is 2.32. The zero-order valence-corrected chi connectivity index (χ0v) is 12.6. The highest BCUT2D eigenvalue weighted by Gasteiger charge is 2.13. The van der Waals surface area contributed by atoms with Crippen molar-refractivity contribution < 1.29 is 5.11 Å². The van der Waals surface area contributed by atoms with Crippen LogP contribution in [-0.2, 0) is 0 Å². The number of nitrogens with one attached hydrogen (secondary N) is 1. The van der Waals surface area contributed by atoms with Gasteiger partial charge in [-0.2, -0.15) is 4.98 Å². The van der Waals surface area contributed by atoms with Crippen molar-refractivity contribution in [3.05, 3.63) is 22.6 Å². The van der Waals surface area contributed by atoms with Crippen LogP contribution in [0.5, 0.6) is 0 Å². The average Bonchev–Trinajstić information content (AvgIpc) is 2.42. The van der Waals surface area contributed by atoms with Crippen LogP contribution in [0.4, 0.5) is 5.82 Å². The van der Waals surface area contributed by atoms with Crippen LogP contribution in [0.15, 0.2) is 12.3 Å². The summed E-state index contributed by atoms with van der Waals surface area (Å²) in [6.45, 7) is 2.13. The third-order valence-corrected chi connectivity index (χ3v) is 3.32. The Bertz CT molecular complexity index is 589. The lowest BCUT2D eigenvalue weighted by Gasteiger charge is -2.17. The molecule has 1 atom stereocenters. The van der Waals surface area contributed by atoms with Gasteiger partial charge in [0.05, 0.1) is 23.2 Å². The molecule has 0 radical (unpaired) electrons. The average molecular weight is 315 g/mol. The minimum atomic E-state index is -0.0819. The molecule has 5 nitrogen and oxygen atoms in total. The first kappa shape index (κ1) is 15.2. The fourth-order valence-corrected chi connectivity index (χ4v) is 2.25. The molecule has 0 saturated heterocycles. The molecule has 7 heteroatoms. The van der Waals surface area contributed by atoms with Crippen molar-refractivity contribution >= 4 is 40.1 Å². The Morgan fingerprint density at radius 3 is 2.85 bits per heavy atom. The topological polar surface area (TPSA) is 70.9 Å². The van der Waals surface area contributed by atoms with Gasteiger partial charge in [0.15, 0.2) is 5.82 Å². The normalized spacial score (nSPS) is 12.6. The second kappa shape index (κ2) is 7.02. The number of aliphatic hydroxyl groups excluding tert-OH is 1. The van der Waals surface area contributed by atoms with Gasteiger partial charge in [-0.25, -0.2) is 9.97 Å². The molecule has 0 spiro atoms. The molecule has 1 unspecified atom stereocenters. The molecule has 0 aromatic carbocycles. The van der Waals surface area contributed by atoms with Crippen molar-refractivity contribution in [3.8, 4) is 0 Å². The fraction of sp³-hybridized carbons (Fsp3) is 0.462. The predicted octanol–water partition coefficient (Wildman–Crippen LogP) is 3.29. The molecule has 0 aliphatic heterocycles. The molecule has 0 aliphatic rings. The van der Waals surface area contributed by atoms with Crippen LogP contribution in [-0.4, -0.2) is 32.7 Å². The Labute approximate surface area is 127 Å². The minimum absolute atomic E-state index is 0.0245. The highest BCUT2D eigenvalue weighted by Crippen LogP contribution is 2.23. The number of unbranched alkanes of at least 4 members (excludes halogenated alkanes) is 1. The number of hydrogen-bond acceptors (Lipinski definition) is 5. The molecular weight excluding hydrogens is 299 g/mol. The Hall–Kier alpha value is -1.17. The second-order valence-corrected chi connectivity index (χ2v) is 5.30. The lowest BCUT2D eigenvalue weighted by Crippen LogP contribution is -2.24. The quantitative estimate of drug-likeness (QED) is 0.800. The van der Waals surface area contributed by atoms with Crippen LogP contribution < -0.4 is 5.32 Å². The van der Waals surface area contributed by atoms with Crippen molar-refractivity contribution in [3.63, 3.8) is 0 Å². The van der Waals surface area contributed by atoms with Crippen molar-refractivity contribution in [2.24, 2.45) is 0 Å². The van der Waals surface area contributed by atoms with Gasteiger partial charge in [-0.1, -0.05) is 31.4 Å². The summed E-state index contributed by atoms with van der Waals surface area (Å²) in [6, 6.07) is 1.60. The number of aromatic nitrogens is 3. The van der Waals surface area contributed by atoms with Crippen molar-refractivity contribution in [1.29, 1.82) is 0 Å². The zero-order valence-electron chi connectivity index (χ0n) is 11.1. The maximum atomic E-state index is 9.42. The van der Waals surface area contributed by atoms with E-state index in [1.165, 1.54) is 6.20 Å². The third-order valence-electron chi connectivity index (χ3n) is 2.94. The highest BCUT2D eigenvalue weighted by molar-refractivity contribution is 6.31. The number of nitrogens with zero attached hydrogens (tertiary/aromatic N) is 3. The molecule has 0 aliphatic carbocycles. The highest BCUT2D eigenvalue weighted by atomic mass is 35.5. The van der Waals surface area contributed by atoms with Gasteiger partial charge >= 0.3 is 0 Å². The Kier molecular flexibility index (Phi) is 5.34. The molecule has 108 valence electrons. The van der Waals surface area contributed by atoms with Crippen molar-refractivity contribution in [1.82, 2.24) is 15.0 Å². The van der Waals surface area contributed by atoms with E-state index in [2.05, 4.69) is 27.2 Å². The van der Waals surface area contributed by atoms with E-state index in [1.807, 2.05) is 0 Å². The van der Waals surface area contributed by atoms with E-state index < -0.39 is 0 Å². The first-order valence-corrected chi connectivity index (χ1v) is 7.25. The summed E-state index contributed by atoms with van der Waals surface area (Å²) >= 11 is 11.8. The van der Waals surface area contributed by atoms with Gasteiger partial charge in [0.2, 0.25) is 5.28 Å². The lowest BCUT2D eigenvalue weighted by molar-refractivity contribution is 0.267. The number of aliphatic hydroxyl groups is 1. The second-order valence-electron chi connectivity index (χ2n) is 4.53. The monoisotopic (exact) mass is 314 g/mol. The maximum absolute atomic E-state index is 9.42. The Morgan fingerprint density at radius 1 is 1.35 bits per heavy atom. The molecular formula is C13H16Cl2N4O. The Morgan fingerprint density at radius 2 is 2.15 bits per heavy atom. The summed E-state index contributed by atoms with van der Waals surface area (Å²) in [4.78, 5) is 12.5. The summed E-state index contributed by atoms with van der Waals surface area (Å²) in [6.07, 6.45) is 4.47. The number of halogens is 2. The zero-order chi connectivity index (χ0) is 14.5. The van der Waals surface area contributed by atoms with E-state index in [-0.39, 0.29) is 17.9 Å². The van der Waals surface area contributed by atoms with E-state index >= 15 is 0 Å². The van der Waals surface area contributed by atoms with Crippen LogP contribution in [0, 0.1) is 0 Å². The van der Waals surface area contributed by atoms with E-state index in [4.69, 9.17) is 23.2 Å². The molecule has 0 saturated carbocycles. The molecule has 2 N–H and O–H groups in total. The minimum Gasteiger partial charge on any atom is -0.394 e. The van der Waals surface area contributed by atoms with Gasteiger partial charge < -0.3 is 10.4 Å². The van der Waals surface area contributed by atoms with Crippen LogP contribution in [0.3, 0.4) is 0 Å². The standard InChI is InChI=1S/C13H16Cl2N4O/c1-2-3-4-9(7-20)17-12-11-10(18-13(15)19-12)5-8(14)6-16-11/h5-6,9,20H,2-4,7H2,1H3,(H,17,18,19). The maximum Gasteiger partial charge on any atom is 0.225 e. The molecule has 2 aromatic rings. The van der Waals surface area contributed by atoms with Crippen LogP contribution in [0.1, 0.15) is 26.2 Å². The van der Waals surface area contributed by atoms with Crippen LogP contribution in [0.2, 0.25) is 10.3 Å². The summed E-state index contributed by atoms with van der Waals surface area (Å²) in [5, 5.41) is 13.2. The summed E-state index contributed by atoms with van der Waals surface area (Å²) in [5.74, 6) is 0.520. The van der Waals surface area contributed by atoms with Crippen molar-refractivity contribution in [2.45, 2.75) is 32.2 Å². The van der Waals surface area contributed by atoms with Gasteiger partial charge in [-0.3, -0.25) is 0 Å². The SMILES string of the molecule is CCCCC(CO)Nc1nc(Cl)nc2cc(Cl)cnc12. The number of rotatable bonds is 6. The van der Waals surface area contributed by atoms with Crippen molar-refractivity contribution in [2.75, 3.05) is 11.9 Å².